The molecule has 7 nitrogen and oxygen atoms in total. The molecule has 1 unspecified atom stereocenters. The maximum absolute atomic E-state index is 12.1. The van der Waals surface area contributed by atoms with Crippen LogP contribution in [-0.2, 0) is 22.7 Å². The van der Waals surface area contributed by atoms with Crippen molar-refractivity contribution in [2.45, 2.75) is 26.0 Å². The Kier molecular flexibility index (Phi) is 6.53. The highest BCUT2D eigenvalue weighted by Crippen LogP contribution is 2.23. The minimum absolute atomic E-state index is 0.0670. The minimum Gasteiger partial charge on any atom is -0.406 e. The van der Waals surface area contributed by atoms with Gasteiger partial charge in [-0.2, -0.15) is 0 Å². The van der Waals surface area contributed by atoms with Crippen LogP contribution in [0.25, 0.3) is 0 Å². The van der Waals surface area contributed by atoms with Crippen LogP contribution in [-0.4, -0.2) is 37.2 Å². The van der Waals surface area contributed by atoms with E-state index < -0.39 is 6.36 Å². The summed E-state index contributed by atoms with van der Waals surface area (Å²) in [6.07, 6.45) is -3.80. The molecule has 1 aromatic heterocycles. The Hall–Kier alpha value is -2.59. The van der Waals surface area contributed by atoms with Crippen LogP contribution in [0.1, 0.15) is 28.2 Å². The maximum Gasteiger partial charge on any atom is 0.573 e. The molecule has 1 aliphatic heterocycles. The lowest BCUT2D eigenvalue weighted by Crippen LogP contribution is -2.29. The summed E-state index contributed by atoms with van der Waals surface area (Å²) in [5, 5.41) is 6.49. The van der Waals surface area contributed by atoms with Crippen molar-refractivity contribution >= 4 is 5.91 Å². The molecule has 1 aromatic carbocycles. The fourth-order valence-electron chi connectivity index (χ4n) is 2.62. The Balaban J connectivity index is 1.41. The number of hydrogen-bond donors (Lipinski definition) is 1. The number of halogens is 3. The monoisotopic (exact) mass is 400 g/mol. The Morgan fingerprint density at radius 1 is 1.25 bits per heavy atom. The van der Waals surface area contributed by atoms with Gasteiger partial charge in [-0.15, -0.1) is 13.2 Å². The van der Waals surface area contributed by atoms with E-state index in [1.165, 1.54) is 30.3 Å². The lowest BCUT2D eigenvalue weighted by atomic mass is 10.1. The van der Waals surface area contributed by atoms with Crippen LogP contribution in [0.3, 0.4) is 0 Å². The number of benzene rings is 1. The van der Waals surface area contributed by atoms with Gasteiger partial charge in [-0.25, -0.2) is 0 Å². The maximum atomic E-state index is 12.1. The number of nitrogens with one attached hydrogen (secondary N) is 1. The molecule has 1 aliphatic rings. The van der Waals surface area contributed by atoms with E-state index in [9.17, 15) is 18.0 Å². The number of ether oxygens (including phenoxy) is 3. The summed E-state index contributed by atoms with van der Waals surface area (Å²) in [4.78, 5) is 12.0. The number of amides is 1. The normalized spacial score (nSPS) is 16.9. The first-order valence-electron chi connectivity index (χ1n) is 8.63. The molecule has 0 radical (unpaired) electrons. The smallest absolute Gasteiger partial charge is 0.406 e. The van der Waals surface area contributed by atoms with Gasteiger partial charge in [0.1, 0.15) is 12.4 Å². The van der Waals surface area contributed by atoms with Gasteiger partial charge in [0.15, 0.2) is 11.5 Å². The third-order valence-corrected chi connectivity index (χ3v) is 4.04. The van der Waals surface area contributed by atoms with E-state index in [-0.39, 0.29) is 30.6 Å². The van der Waals surface area contributed by atoms with Gasteiger partial charge < -0.3 is 24.1 Å². The molecule has 1 saturated heterocycles. The van der Waals surface area contributed by atoms with Crippen molar-refractivity contribution in [3.8, 4) is 5.75 Å². The molecule has 1 fully saturated rings. The molecule has 2 heterocycles. The van der Waals surface area contributed by atoms with Gasteiger partial charge >= 0.3 is 6.36 Å². The van der Waals surface area contributed by atoms with Crippen molar-refractivity contribution < 1.29 is 36.7 Å². The standard InChI is InChI=1S/C18H19F3N2O5/c19-18(20,21)27-14-3-1-12(2-4-14)9-26-11-15-7-16(23-28-15)17(24)22-8-13-5-6-25-10-13/h1-4,7,13H,5-6,8-11H2,(H,22,24). The fraction of sp³-hybridized carbons (Fsp3) is 0.444. The van der Waals surface area contributed by atoms with Gasteiger partial charge in [-0.1, -0.05) is 17.3 Å². The van der Waals surface area contributed by atoms with Crippen molar-refractivity contribution in [3.63, 3.8) is 0 Å². The van der Waals surface area contributed by atoms with Crippen LogP contribution in [0.4, 0.5) is 13.2 Å². The van der Waals surface area contributed by atoms with E-state index in [0.717, 1.165) is 6.42 Å². The number of carbonyl (C=O) groups excluding carboxylic acids is 1. The summed E-state index contributed by atoms with van der Waals surface area (Å²) in [7, 11) is 0. The summed E-state index contributed by atoms with van der Waals surface area (Å²) in [5.74, 6) is 0.0476. The molecule has 0 bridgehead atoms. The summed E-state index contributed by atoms with van der Waals surface area (Å²) in [6.45, 7) is 2.09. The first-order valence-corrected chi connectivity index (χ1v) is 8.63. The predicted molar refractivity (Wildman–Crippen MR) is 89.4 cm³/mol. The topological polar surface area (TPSA) is 82.8 Å². The highest BCUT2D eigenvalue weighted by molar-refractivity contribution is 5.92. The van der Waals surface area contributed by atoms with E-state index in [1.54, 1.807) is 0 Å². The SMILES string of the molecule is O=C(NCC1CCOC1)c1cc(COCc2ccc(OC(F)(F)F)cc2)on1. The molecule has 0 spiro atoms. The third kappa shape index (κ3) is 6.24. The highest BCUT2D eigenvalue weighted by Gasteiger charge is 2.30. The van der Waals surface area contributed by atoms with Crippen LogP contribution in [0, 0.1) is 5.92 Å². The number of hydrogen-bond acceptors (Lipinski definition) is 6. The van der Waals surface area contributed by atoms with Crippen molar-refractivity contribution in [1.29, 1.82) is 0 Å². The summed E-state index contributed by atoms with van der Waals surface area (Å²) in [6, 6.07) is 6.83. The largest absolute Gasteiger partial charge is 0.573 e. The van der Waals surface area contributed by atoms with Crippen molar-refractivity contribution in [2.75, 3.05) is 19.8 Å². The van der Waals surface area contributed by atoms with Gasteiger partial charge in [-0.3, -0.25) is 4.79 Å². The molecule has 2 aromatic rings. The molecule has 1 amide bonds. The number of nitrogens with zero attached hydrogens (tertiary/aromatic N) is 1. The lowest BCUT2D eigenvalue weighted by Gasteiger charge is -2.09. The summed E-state index contributed by atoms with van der Waals surface area (Å²) in [5.41, 5.74) is 0.817. The molecule has 1 N–H and O–H groups in total. The lowest BCUT2D eigenvalue weighted by molar-refractivity contribution is -0.274. The quantitative estimate of drug-likeness (QED) is 0.734. The van der Waals surface area contributed by atoms with E-state index >= 15 is 0 Å². The number of carbonyl (C=O) groups is 1. The van der Waals surface area contributed by atoms with E-state index in [2.05, 4.69) is 15.2 Å². The van der Waals surface area contributed by atoms with E-state index in [1.807, 2.05) is 0 Å². The first kappa shape index (κ1) is 20.2. The zero-order valence-corrected chi connectivity index (χ0v) is 14.8. The molecule has 0 saturated carbocycles. The molecule has 10 heteroatoms. The number of aromatic nitrogens is 1. The first-order chi connectivity index (χ1) is 13.4. The van der Waals surface area contributed by atoms with Gasteiger partial charge in [0.25, 0.3) is 5.91 Å². The Bertz CT molecular complexity index is 770. The second kappa shape index (κ2) is 9.07. The van der Waals surface area contributed by atoms with Gasteiger partial charge in [0.05, 0.1) is 13.2 Å². The second-order valence-electron chi connectivity index (χ2n) is 6.30. The fourth-order valence-corrected chi connectivity index (χ4v) is 2.62. The van der Waals surface area contributed by atoms with Gasteiger partial charge in [0.2, 0.25) is 0 Å². The molecule has 0 aliphatic carbocycles. The highest BCUT2D eigenvalue weighted by atomic mass is 19.4. The molecule has 152 valence electrons. The zero-order valence-electron chi connectivity index (χ0n) is 14.8. The van der Waals surface area contributed by atoms with Gasteiger partial charge in [0, 0.05) is 25.1 Å². The molecule has 1 atom stereocenters. The zero-order chi connectivity index (χ0) is 20.0. The van der Waals surface area contributed by atoms with Gasteiger partial charge in [-0.05, 0) is 24.1 Å². The Morgan fingerprint density at radius 3 is 2.71 bits per heavy atom. The average Bonchev–Trinajstić information content (AvgIpc) is 3.32. The van der Waals surface area contributed by atoms with Crippen LogP contribution < -0.4 is 10.1 Å². The molecular weight excluding hydrogens is 381 g/mol. The molecular formula is C18H19F3N2O5. The molecule has 3 rings (SSSR count). The summed E-state index contributed by atoms with van der Waals surface area (Å²) < 4.78 is 55.9. The second-order valence-corrected chi connectivity index (χ2v) is 6.30. The average molecular weight is 400 g/mol. The minimum atomic E-state index is -4.72. The van der Waals surface area contributed by atoms with E-state index in [0.29, 0.717) is 37.0 Å². The number of rotatable bonds is 8. The van der Waals surface area contributed by atoms with Crippen molar-refractivity contribution in [3.05, 3.63) is 47.3 Å². The third-order valence-electron chi connectivity index (χ3n) is 4.04. The predicted octanol–water partition coefficient (Wildman–Crippen LogP) is 3.06. The molecule has 28 heavy (non-hydrogen) atoms. The van der Waals surface area contributed by atoms with Crippen LogP contribution in [0.2, 0.25) is 0 Å². The summed E-state index contributed by atoms with van der Waals surface area (Å²) >= 11 is 0. The van der Waals surface area contributed by atoms with Crippen LogP contribution in [0.15, 0.2) is 34.9 Å². The Labute approximate surface area is 158 Å². The van der Waals surface area contributed by atoms with Crippen molar-refractivity contribution in [1.82, 2.24) is 10.5 Å². The van der Waals surface area contributed by atoms with Crippen LogP contribution in [0.5, 0.6) is 5.75 Å². The Morgan fingerprint density at radius 2 is 2.04 bits per heavy atom. The van der Waals surface area contributed by atoms with Crippen molar-refractivity contribution in [2.24, 2.45) is 5.92 Å². The van der Waals surface area contributed by atoms with Crippen LogP contribution >= 0.6 is 0 Å². The number of alkyl halides is 3. The van der Waals surface area contributed by atoms with E-state index in [4.69, 9.17) is 14.0 Å².